The minimum atomic E-state index is 0.00676. The minimum Gasteiger partial charge on any atom is -0.397 e. The molecule has 2 aromatic heterocycles. The highest BCUT2D eigenvalue weighted by atomic mass is 16.2. The lowest BCUT2D eigenvalue weighted by Gasteiger charge is -2.34. The average Bonchev–Trinajstić information content (AvgIpc) is 3.45. The Hall–Kier alpha value is -3.32. The summed E-state index contributed by atoms with van der Waals surface area (Å²) >= 11 is 0. The number of amides is 1. The number of nitrogen functional groups attached to an aromatic ring is 1. The molecule has 2 fully saturated rings. The molecule has 1 amide bonds. The van der Waals surface area contributed by atoms with Crippen molar-refractivity contribution in [2.75, 3.05) is 43.9 Å². The maximum atomic E-state index is 12.9. The molecule has 7 nitrogen and oxygen atoms in total. The molecule has 34 heavy (non-hydrogen) atoms. The summed E-state index contributed by atoms with van der Waals surface area (Å²) in [4.78, 5) is 26.1. The number of aromatic amines is 1. The Labute approximate surface area is 199 Å². The van der Waals surface area contributed by atoms with Gasteiger partial charge in [0, 0.05) is 61.2 Å². The second-order valence-corrected chi connectivity index (χ2v) is 10.5. The van der Waals surface area contributed by atoms with Gasteiger partial charge in [-0.25, -0.2) is 0 Å². The van der Waals surface area contributed by atoms with Crippen LogP contribution in [0.25, 0.3) is 22.5 Å². The van der Waals surface area contributed by atoms with E-state index in [0.29, 0.717) is 0 Å². The van der Waals surface area contributed by atoms with Crippen LogP contribution in [0.3, 0.4) is 0 Å². The maximum Gasteiger partial charge on any atom is 0.253 e. The lowest BCUT2D eigenvalue weighted by Crippen LogP contribution is -2.44. The van der Waals surface area contributed by atoms with E-state index >= 15 is 0 Å². The average molecular weight is 455 g/mol. The smallest absolute Gasteiger partial charge is 0.253 e. The Morgan fingerprint density at radius 2 is 1.91 bits per heavy atom. The predicted molar refractivity (Wildman–Crippen MR) is 134 cm³/mol. The summed E-state index contributed by atoms with van der Waals surface area (Å²) in [5.74, 6) is 0.0984. The summed E-state index contributed by atoms with van der Waals surface area (Å²) in [6.07, 6.45) is 6.86. The van der Waals surface area contributed by atoms with E-state index in [4.69, 9.17) is 10.7 Å². The molecule has 1 saturated heterocycles. The fraction of sp³-hybridized carbons (Fsp3) is 0.407. The third-order valence-electron chi connectivity index (χ3n) is 8.22. The van der Waals surface area contributed by atoms with Crippen LogP contribution in [0.15, 0.2) is 30.5 Å². The van der Waals surface area contributed by atoms with Crippen LogP contribution < -0.4 is 16.0 Å². The predicted octanol–water partition coefficient (Wildman–Crippen LogP) is 2.99. The van der Waals surface area contributed by atoms with Gasteiger partial charge in [0.1, 0.15) is 0 Å². The van der Waals surface area contributed by atoms with E-state index < -0.39 is 0 Å². The van der Waals surface area contributed by atoms with Gasteiger partial charge in [0.15, 0.2) is 0 Å². The van der Waals surface area contributed by atoms with Crippen molar-refractivity contribution in [3.05, 3.63) is 52.8 Å². The Morgan fingerprint density at radius 1 is 1.09 bits per heavy atom. The SMILES string of the molecule is CN1CCN(c2ccc(-c3cc4c(cn3)CCc3c-4[nH]c4c3C(=O)NC3(CC3)C4)cc2N)CC1. The topological polar surface area (TPSA) is 90.3 Å². The molecule has 174 valence electrons. The Kier molecular flexibility index (Phi) is 4.19. The van der Waals surface area contributed by atoms with Crippen LogP contribution >= 0.6 is 0 Å². The lowest BCUT2D eigenvalue weighted by atomic mass is 9.87. The van der Waals surface area contributed by atoms with Gasteiger partial charge in [-0.05, 0) is 62.1 Å². The summed E-state index contributed by atoms with van der Waals surface area (Å²) < 4.78 is 0. The van der Waals surface area contributed by atoms with E-state index in [9.17, 15) is 4.79 Å². The standard InChI is InChI=1S/C27H30N6O/c1-32-8-10-33(11-9-32)23-5-3-16(12-20(23)28)21-13-19-17(15-29-21)2-4-18-24-22(30-25(18)19)14-27(6-7-27)31-26(24)34/h3,5,12-13,15,30H,2,4,6-11,14,28H2,1H3,(H,31,34). The normalized spacial score (nSPS) is 20.5. The Bertz CT molecular complexity index is 1330. The van der Waals surface area contributed by atoms with Crippen molar-refractivity contribution in [3.8, 4) is 22.5 Å². The first-order valence-electron chi connectivity index (χ1n) is 12.4. The molecule has 2 aliphatic carbocycles. The molecule has 1 aromatic carbocycles. The Morgan fingerprint density at radius 3 is 2.68 bits per heavy atom. The van der Waals surface area contributed by atoms with Gasteiger partial charge in [-0.15, -0.1) is 0 Å². The fourth-order valence-electron chi connectivity index (χ4n) is 6.00. The summed E-state index contributed by atoms with van der Waals surface area (Å²) in [5.41, 5.74) is 17.0. The molecule has 3 aromatic rings. The van der Waals surface area contributed by atoms with Crippen LogP contribution in [0.2, 0.25) is 0 Å². The van der Waals surface area contributed by atoms with E-state index in [-0.39, 0.29) is 11.4 Å². The second-order valence-electron chi connectivity index (χ2n) is 10.5. The van der Waals surface area contributed by atoms with Crippen molar-refractivity contribution >= 4 is 17.3 Å². The van der Waals surface area contributed by atoms with Crippen molar-refractivity contribution in [2.24, 2.45) is 0 Å². The summed E-state index contributed by atoms with van der Waals surface area (Å²) in [5, 5.41) is 3.27. The van der Waals surface area contributed by atoms with Crippen LogP contribution in [-0.4, -0.2) is 59.5 Å². The molecule has 0 atom stereocenters. The van der Waals surface area contributed by atoms with E-state index in [2.05, 4.69) is 51.4 Å². The number of carbonyl (C=O) groups excluding carboxylic acids is 1. The molecule has 1 spiro atoms. The number of anilines is 2. The number of likely N-dealkylation sites (N-methyl/N-ethyl adjacent to an activating group) is 1. The van der Waals surface area contributed by atoms with E-state index in [1.54, 1.807) is 0 Å². The summed E-state index contributed by atoms with van der Waals surface area (Å²) in [7, 11) is 2.16. The van der Waals surface area contributed by atoms with Crippen LogP contribution in [0.1, 0.15) is 40.0 Å². The zero-order valence-corrected chi connectivity index (χ0v) is 19.6. The molecule has 2 aliphatic heterocycles. The third kappa shape index (κ3) is 3.06. The number of aryl methyl sites for hydroxylation is 1. The van der Waals surface area contributed by atoms with E-state index in [1.165, 1.54) is 11.1 Å². The fourth-order valence-corrected chi connectivity index (χ4v) is 6.00. The van der Waals surface area contributed by atoms with Gasteiger partial charge in [-0.2, -0.15) is 0 Å². The van der Waals surface area contributed by atoms with Gasteiger partial charge in [0.05, 0.1) is 28.3 Å². The molecule has 4 N–H and O–H groups in total. The van der Waals surface area contributed by atoms with Crippen LogP contribution in [0.4, 0.5) is 11.4 Å². The van der Waals surface area contributed by atoms with Gasteiger partial charge in [0.2, 0.25) is 0 Å². The molecular formula is C27H30N6O. The number of fused-ring (bicyclic) bond motifs is 5. The van der Waals surface area contributed by atoms with Gasteiger partial charge in [0.25, 0.3) is 5.91 Å². The van der Waals surface area contributed by atoms with Crippen molar-refractivity contribution in [3.63, 3.8) is 0 Å². The maximum absolute atomic E-state index is 12.9. The van der Waals surface area contributed by atoms with Crippen LogP contribution in [0.5, 0.6) is 0 Å². The lowest BCUT2D eigenvalue weighted by molar-refractivity contribution is 0.0917. The van der Waals surface area contributed by atoms with Crippen LogP contribution in [-0.2, 0) is 19.3 Å². The van der Waals surface area contributed by atoms with E-state index in [1.807, 2.05) is 6.20 Å². The first-order valence-corrected chi connectivity index (χ1v) is 12.4. The van der Waals surface area contributed by atoms with Crippen molar-refractivity contribution in [1.29, 1.82) is 0 Å². The number of aromatic nitrogens is 2. The number of piperazine rings is 1. The molecule has 0 bridgehead atoms. The number of hydrogen-bond donors (Lipinski definition) is 3. The highest BCUT2D eigenvalue weighted by molar-refractivity contribution is 6.01. The first kappa shape index (κ1) is 20.1. The molecule has 7 rings (SSSR count). The molecule has 0 radical (unpaired) electrons. The number of H-pyrrole nitrogens is 1. The molecule has 0 unspecified atom stereocenters. The Balaban J connectivity index is 1.24. The largest absolute Gasteiger partial charge is 0.397 e. The molecule has 7 heteroatoms. The van der Waals surface area contributed by atoms with Crippen molar-refractivity contribution in [2.45, 2.75) is 37.6 Å². The number of rotatable bonds is 2. The quantitative estimate of drug-likeness (QED) is 0.518. The molecule has 4 aliphatic rings. The zero-order chi connectivity index (χ0) is 23.0. The highest BCUT2D eigenvalue weighted by Crippen LogP contribution is 2.45. The number of nitrogens with zero attached hydrogens (tertiary/aromatic N) is 3. The summed E-state index contributed by atoms with van der Waals surface area (Å²) in [6, 6.07) is 8.49. The number of nitrogens with two attached hydrogens (primary N) is 1. The summed E-state index contributed by atoms with van der Waals surface area (Å²) in [6.45, 7) is 4.09. The number of carbonyl (C=O) groups is 1. The highest BCUT2D eigenvalue weighted by Gasteiger charge is 2.49. The van der Waals surface area contributed by atoms with Gasteiger partial charge in [-0.3, -0.25) is 9.78 Å². The first-order chi connectivity index (χ1) is 16.5. The number of hydrogen-bond acceptors (Lipinski definition) is 5. The zero-order valence-electron chi connectivity index (χ0n) is 19.6. The van der Waals surface area contributed by atoms with Crippen LogP contribution in [0, 0.1) is 0 Å². The van der Waals surface area contributed by atoms with Gasteiger partial charge in [-0.1, -0.05) is 6.07 Å². The number of nitrogens with one attached hydrogen (secondary N) is 2. The second kappa shape index (κ2) is 7.09. The number of benzene rings is 1. The van der Waals surface area contributed by atoms with E-state index in [0.717, 1.165) is 103 Å². The van der Waals surface area contributed by atoms with Crippen molar-refractivity contribution in [1.82, 2.24) is 20.2 Å². The molecule has 4 heterocycles. The molecule has 1 saturated carbocycles. The van der Waals surface area contributed by atoms with Crippen molar-refractivity contribution < 1.29 is 4.79 Å². The number of pyridine rings is 1. The van der Waals surface area contributed by atoms with Gasteiger partial charge < -0.3 is 25.8 Å². The monoisotopic (exact) mass is 454 g/mol. The third-order valence-corrected chi connectivity index (χ3v) is 8.22. The van der Waals surface area contributed by atoms with Gasteiger partial charge >= 0.3 is 0 Å². The minimum absolute atomic E-state index is 0.00676. The molecular weight excluding hydrogens is 424 g/mol.